The predicted octanol–water partition coefficient (Wildman–Crippen LogP) is 2.02. The second-order valence-electron chi connectivity index (χ2n) is 5.26. The first-order valence-corrected chi connectivity index (χ1v) is 6.85. The summed E-state index contributed by atoms with van der Waals surface area (Å²) in [4.78, 5) is 16.5. The average Bonchev–Trinajstić information content (AvgIpc) is 2.94. The molecule has 0 saturated carbocycles. The Labute approximate surface area is 118 Å². The van der Waals surface area contributed by atoms with Gasteiger partial charge in [0, 0.05) is 30.1 Å². The van der Waals surface area contributed by atoms with E-state index >= 15 is 0 Å². The summed E-state index contributed by atoms with van der Waals surface area (Å²) in [6.45, 7) is 3.46. The van der Waals surface area contributed by atoms with Crippen LogP contribution < -0.4 is 5.32 Å². The summed E-state index contributed by atoms with van der Waals surface area (Å²) >= 11 is 0. The molecule has 1 N–H and O–H groups in total. The number of ether oxygens (including phenoxy) is 1. The molecule has 104 valence electrons. The van der Waals surface area contributed by atoms with Gasteiger partial charge in [0.15, 0.2) is 0 Å². The third-order valence-corrected chi connectivity index (χ3v) is 3.99. The molecule has 1 saturated heterocycles. The van der Waals surface area contributed by atoms with E-state index in [1.54, 1.807) is 0 Å². The SMILES string of the molecule is COC(=O)C1CNCC1c1cc(C)nc2ccccc12. The van der Waals surface area contributed by atoms with Crippen molar-refractivity contribution in [3.8, 4) is 0 Å². The van der Waals surface area contributed by atoms with Crippen LogP contribution in [0, 0.1) is 12.8 Å². The molecule has 1 fully saturated rings. The van der Waals surface area contributed by atoms with Gasteiger partial charge in [0.2, 0.25) is 0 Å². The third kappa shape index (κ3) is 2.16. The van der Waals surface area contributed by atoms with Crippen molar-refractivity contribution in [3.05, 3.63) is 41.6 Å². The van der Waals surface area contributed by atoms with Gasteiger partial charge in [-0.2, -0.15) is 0 Å². The Kier molecular flexibility index (Phi) is 3.40. The number of para-hydroxylation sites is 1. The summed E-state index contributed by atoms with van der Waals surface area (Å²) in [7, 11) is 1.45. The quantitative estimate of drug-likeness (QED) is 0.848. The van der Waals surface area contributed by atoms with Crippen LogP contribution in [0.25, 0.3) is 10.9 Å². The number of esters is 1. The Morgan fingerprint density at radius 2 is 2.15 bits per heavy atom. The number of pyridine rings is 1. The lowest BCUT2D eigenvalue weighted by Crippen LogP contribution is -2.23. The van der Waals surface area contributed by atoms with Crippen LogP contribution >= 0.6 is 0 Å². The van der Waals surface area contributed by atoms with Crippen molar-refractivity contribution in [1.82, 2.24) is 10.3 Å². The van der Waals surface area contributed by atoms with E-state index in [0.717, 1.165) is 23.1 Å². The van der Waals surface area contributed by atoms with Gasteiger partial charge in [0.25, 0.3) is 0 Å². The van der Waals surface area contributed by atoms with Gasteiger partial charge >= 0.3 is 5.97 Å². The molecule has 0 bridgehead atoms. The van der Waals surface area contributed by atoms with Crippen LogP contribution in [-0.2, 0) is 9.53 Å². The normalized spacial score (nSPS) is 22.1. The maximum absolute atomic E-state index is 11.9. The monoisotopic (exact) mass is 270 g/mol. The number of aryl methyl sites for hydroxylation is 1. The van der Waals surface area contributed by atoms with Crippen LogP contribution in [0.4, 0.5) is 0 Å². The minimum absolute atomic E-state index is 0.120. The summed E-state index contributed by atoms with van der Waals surface area (Å²) in [5, 5.41) is 4.42. The smallest absolute Gasteiger partial charge is 0.310 e. The molecule has 1 aromatic heterocycles. The first-order chi connectivity index (χ1) is 9.70. The molecule has 2 unspecified atom stereocenters. The molecule has 1 aliphatic rings. The van der Waals surface area contributed by atoms with E-state index in [2.05, 4.69) is 22.4 Å². The topological polar surface area (TPSA) is 51.2 Å². The van der Waals surface area contributed by atoms with Crippen LogP contribution in [0.3, 0.4) is 0 Å². The summed E-state index contributed by atoms with van der Waals surface area (Å²) in [5.41, 5.74) is 3.15. The first kappa shape index (κ1) is 13.1. The van der Waals surface area contributed by atoms with Crippen molar-refractivity contribution >= 4 is 16.9 Å². The molecule has 0 aliphatic carbocycles. The summed E-state index contributed by atoms with van der Waals surface area (Å²) < 4.78 is 4.93. The Morgan fingerprint density at radius 3 is 2.95 bits per heavy atom. The maximum atomic E-state index is 11.9. The number of fused-ring (bicyclic) bond motifs is 1. The van der Waals surface area contributed by atoms with Gasteiger partial charge in [-0.1, -0.05) is 18.2 Å². The number of nitrogens with zero attached hydrogens (tertiary/aromatic N) is 1. The molecule has 2 atom stereocenters. The van der Waals surface area contributed by atoms with Gasteiger partial charge in [-0.05, 0) is 24.6 Å². The Bertz CT molecular complexity index is 654. The summed E-state index contributed by atoms with van der Waals surface area (Å²) in [5.74, 6) is -0.113. The Balaban J connectivity index is 2.11. The number of methoxy groups -OCH3 is 1. The van der Waals surface area contributed by atoms with Gasteiger partial charge in [0.1, 0.15) is 0 Å². The Morgan fingerprint density at radius 1 is 1.35 bits per heavy atom. The highest BCUT2D eigenvalue weighted by atomic mass is 16.5. The standard InChI is InChI=1S/C16H18N2O2/c1-10-7-12(11-5-3-4-6-15(11)18-10)13-8-17-9-14(13)16(19)20-2/h3-7,13-14,17H,8-9H2,1-2H3. The van der Waals surface area contributed by atoms with E-state index in [0.29, 0.717) is 6.54 Å². The van der Waals surface area contributed by atoms with Crippen LogP contribution in [-0.4, -0.2) is 31.2 Å². The number of aromatic nitrogens is 1. The van der Waals surface area contributed by atoms with Crippen LogP contribution in [0.15, 0.2) is 30.3 Å². The third-order valence-electron chi connectivity index (χ3n) is 3.99. The highest BCUT2D eigenvalue weighted by Gasteiger charge is 2.35. The highest BCUT2D eigenvalue weighted by molar-refractivity contribution is 5.84. The van der Waals surface area contributed by atoms with E-state index in [1.165, 1.54) is 12.7 Å². The van der Waals surface area contributed by atoms with Gasteiger partial charge in [-0.15, -0.1) is 0 Å². The number of carbonyl (C=O) groups excluding carboxylic acids is 1. The summed E-state index contributed by atoms with van der Waals surface area (Å²) in [6.07, 6.45) is 0. The van der Waals surface area contributed by atoms with Crippen molar-refractivity contribution in [1.29, 1.82) is 0 Å². The average molecular weight is 270 g/mol. The van der Waals surface area contributed by atoms with E-state index in [9.17, 15) is 4.79 Å². The number of carbonyl (C=O) groups is 1. The van der Waals surface area contributed by atoms with Crippen molar-refractivity contribution in [2.75, 3.05) is 20.2 Å². The zero-order valence-corrected chi connectivity index (χ0v) is 11.7. The number of benzene rings is 1. The van der Waals surface area contributed by atoms with Crippen molar-refractivity contribution in [3.63, 3.8) is 0 Å². The fraction of sp³-hybridized carbons (Fsp3) is 0.375. The summed E-state index contributed by atoms with van der Waals surface area (Å²) in [6, 6.07) is 10.2. The molecule has 0 radical (unpaired) electrons. The molecule has 2 heterocycles. The lowest BCUT2D eigenvalue weighted by molar-refractivity contribution is -0.145. The van der Waals surface area contributed by atoms with Crippen molar-refractivity contribution in [2.24, 2.45) is 5.92 Å². The Hall–Kier alpha value is -1.94. The molecule has 1 aliphatic heterocycles. The number of rotatable bonds is 2. The zero-order chi connectivity index (χ0) is 14.1. The van der Waals surface area contributed by atoms with E-state index in [1.807, 2.05) is 25.1 Å². The molecule has 0 amide bonds. The lowest BCUT2D eigenvalue weighted by atomic mass is 9.86. The molecule has 0 spiro atoms. The maximum Gasteiger partial charge on any atom is 0.310 e. The van der Waals surface area contributed by atoms with Crippen LogP contribution in [0.1, 0.15) is 17.2 Å². The first-order valence-electron chi connectivity index (χ1n) is 6.85. The second-order valence-corrected chi connectivity index (χ2v) is 5.26. The fourth-order valence-corrected chi connectivity index (χ4v) is 3.05. The van der Waals surface area contributed by atoms with E-state index in [-0.39, 0.29) is 17.8 Å². The minimum atomic E-state index is -0.140. The zero-order valence-electron chi connectivity index (χ0n) is 11.7. The van der Waals surface area contributed by atoms with E-state index in [4.69, 9.17) is 4.74 Å². The fourth-order valence-electron chi connectivity index (χ4n) is 3.05. The second kappa shape index (κ2) is 5.21. The van der Waals surface area contributed by atoms with Crippen molar-refractivity contribution in [2.45, 2.75) is 12.8 Å². The van der Waals surface area contributed by atoms with Crippen LogP contribution in [0.5, 0.6) is 0 Å². The molecule has 3 rings (SSSR count). The van der Waals surface area contributed by atoms with Gasteiger partial charge in [0.05, 0.1) is 18.5 Å². The van der Waals surface area contributed by atoms with Crippen molar-refractivity contribution < 1.29 is 9.53 Å². The highest BCUT2D eigenvalue weighted by Crippen LogP contribution is 2.33. The molecular weight excluding hydrogens is 252 g/mol. The molecular formula is C16H18N2O2. The molecule has 1 aromatic carbocycles. The lowest BCUT2D eigenvalue weighted by Gasteiger charge is -2.19. The van der Waals surface area contributed by atoms with Crippen LogP contribution in [0.2, 0.25) is 0 Å². The molecule has 2 aromatic rings. The number of hydrogen-bond donors (Lipinski definition) is 1. The van der Waals surface area contributed by atoms with Gasteiger partial charge in [-0.25, -0.2) is 0 Å². The van der Waals surface area contributed by atoms with Gasteiger partial charge < -0.3 is 10.1 Å². The van der Waals surface area contributed by atoms with E-state index < -0.39 is 0 Å². The molecule has 4 nitrogen and oxygen atoms in total. The molecule has 20 heavy (non-hydrogen) atoms. The largest absolute Gasteiger partial charge is 0.469 e. The minimum Gasteiger partial charge on any atom is -0.469 e. The van der Waals surface area contributed by atoms with Gasteiger partial charge in [-0.3, -0.25) is 9.78 Å². The number of nitrogens with one attached hydrogen (secondary N) is 1. The number of hydrogen-bond acceptors (Lipinski definition) is 4. The molecule has 4 heteroatoms. The predicted molar refractivity (Wildman–Crippen MR) is 77.6 cm³/mol.